The average Bonchev–Trinajstić information content (AvgIpc) is 2.82. The Balaban J connectivity index is 1.41. The van der Waals surface area contributed by atoms with Crippen molar-refractivity contribution >= 4 is 5.91 Å². The zero-order valence-corrected chi connectivity index (χ0v) is 14.5. The van der Waals surface area contributed by atoms with E-state index in [0.717, 1.165) is 51.7 Å². The van der Waals surface area contributed by atoms with E-state index in [-0.39, 0.29) is 6.04 Å². The van der Waals surface area contributed by atoms with Crippen molar-refractivity contribution in [2.24, 2.45) is 5.92 Å². The van der Waals surface area contributed by atoms with Gasteiger partial charge in [0, 0.05) is 45.2 Å². The topological polar surface area (TPSA) is 44.8 Å². The molecule has 1 atom stereocenters. The molecule has 0 aromatic rings. The fourth-order valence-corrected chi connectivity index (χ4v) is 4.23. The molecule has 3 aliphatic rings. The summed E-state index contributed by atoms with van der Waals surface area (Å²) in [5, 5.41) is 3.38. The quantitative estimate of drug-likeness (QED) is 0.851. The van der Waals surface area contributed by atoms with Crippen LogP contribution in [0.4, 0.5) is 0 Å². The van der Waals surface area contributed by atoms with Crippen molar-refractivity contribution in [2.75, 3.05) is 52.5 Å². The SMILES string of the molecule is O=C(CC1COCCN1)N1CCCN(CC2CCCCC2)CC1. The van der Waals surface area contributed by atoms with Gasteiger partial charge in [0.2, 0.25) is 5.91 Å². The van der Waals surface area contributed by atoms with Gasteiger partial charge in [0.15, 0.2) is 0 Å². The summed E-state index contributed by atoms with van der Waals surface area (Å²) in [6.07, 6.45) is 8.78. The Hall–Kier alpha value is -0.650. The van der Waals surface area contributed by atoms with Crippen molar-refractivity contribution in [3.8, 4) is 0 Å². The van der Waals surface area contributed by atoms with E-state index in [0.29, 0.717) is 18.9 Å². The Labute approximate surface area is 140 Å². The number of carbonyl (C=O) groups is 1. The van der Waals surface area contributed by atoms with Gasteiger partial charge in [-0.3, -0.25) is 4.79 Å². The van der Waals surface area contributed by atoms with Crippen molar-refractivity contribution < 1.29 is 9.53 Å². The lowest BCUT2D eigenvalue weighted by molar-refractivity contribution is -0.132. The smallest absolute Gasteiger partial charge is 0.224 e. The molecule has 5 heteroatoms. The molecule has 1 unspecified atom stereocenters. The minimum absolute atomic E-state index is 0.206. The van der Waals surface area contributed by atoms with Crippen molar-refractivity contribution in [1.82, 2.24) is 15.1 Å². The number of nitrogens with zero attached hydrogens (tertiary/aromatic N) is 2. The van der Waals surface area contributed by atoms with Crippen LogP contribution in [0.1, 0.15) is 44.9 Å². The van der Waals surface area contributed by atoms with Gasteiger partial charge in [-0.25, -0.2) is 0 Å². The lowest BCUT2D eigenvalue weighted by Gasteiger charge is -2.29. The predicted octanol–water partition coefficient (Wildman–Crippen LogP) is 1.48. The van der Waals surface area contributed by atoms with Gasteiger partial charge < -0.3 is 19.9 Å². The Morgan fingerprint density at radius 2 is 1.91 bits per heavy atom. The molecule has 132 valence electrons. The van der Waals surface area contributed by atoms with Gasteiger partial charge in [-0.05, 0) is 31.7 Å². The molecule has 5 nitrogen and oxygen atoms in total. The molecule has 1 saturated carbocycles. The van der Waals surface area contributed by atoms with Gasteiger partial charge in [0.05, 0.1) is 13.2 Å². The van der Waals surface area contributed by atoms with E-state index in [2.05, 4.69) is 15.1 Å². The van der Waals surface area contributed by atoms with Crippen LogP contribution in [0.15, 0.2) is 0 Å². The van der Waals surface area contributed by atoms with Crippen LogP contribution in [-0.2, 0) is 9.53 Å². The van der Waals surface area contributed by atoms with Crippen LogP contribution in [0, 0.1) is 5.92 Å². The third-order valence-electron chi connectivity index (χ3n) is 5.60. The van der Waals surface area contributed by atoms with Gasteiger partial charge in [-0.15, -0.1) is 0 Å². The van der Waals surface area contributed by atoms with E-state index in [1.807, 2.05) is 0 Å². The Bertz CT molecular complexity index is 365. The molecule has 2 aliphatic heterocycles. The van der Waals surface area contributed by atoms with Crippen molar-refractivity contribution in [3.05, 3.63) is 0 Å². The summed E-state index contributed by atoms with van der Waals surface area (Å²) in [5.74, 6) is 1.20. The maximum atomic E-state index is 12.5. The zero-order chi connectivity index (χ0) is 15.9. The summed E-state index contributed by atoms with van der Waals surface area (Å²) in [6.45, 7) is 7.60. The van der Waals surface area contributed by atoms with Gasteiger partial charge in [0.1, 0.15) is 0 Å². The molecule has 0 spiro atoms. The van der Waals surface area contributed by atoms with Crippen LogP contribution < -0.4 is 5.32 Å². The van der Waals surface area contributed by atoms with Crippen molar-refractivity contribution in [1.29, 1.82) is 0 Å². The van der Waals surface area contributed by atoms with E-state index < -0.39 is 0 Å². The second kappa shape index (κ2) is 9.00. The molecular weight excluding hydrogens is 290 g/mol. The molecule has 3 fully saturated rings. The molecule has 3 rings (SSSR count). The summed E-state index contributed by atoms with van der Waals surface area (Å²) in [4.78, 5) is 17.2. The minimum Gasteiger partial charge on any atom is -0.378 e. The molecule has 1 N–H and O–H groups in total. The molecule has 23 heavy (non-hydrogen) atoms. The summed E-state index contributed by atoms with van der Waals surface area (Å²) in [5.41, 5.74) is 0. The monoisotopic (exact) mass is 323 g/mol. The molecule has 0 radical (unpaired) electrons. The number of morpholine rings is 1. The lowest BCUT2D eigenvalue weighted by Crippen LogP contribution is -2.45. The predicted molar refractivity (Wildman–Crippen MR) is 91.4 cm³/mol. The van der Waals surface area contributed by atoms with E-state index >= 15 is 0 Å². The number of hydrogen-bond donors (Lipinski definition) is 1. The van der Waals surface area contributed by atoms with E-state index in [9.17, 15) is 4.79 Å². The standard InChI is InChI=1S/C18H33N3O2/c22-18(13-17-15-23-12-7-19-17)21-9-4-8-20(10-11-21)14-16-5-2-1-3-6-16/h16-17,19H,1-15H2. The lowest BCUT2D eigenvalue weighted by atomic mass is 9.89. The first kappa shape index (κ1) is 17.2. The van der Waals surface area contributed by atoms with Gasteiger partial charge in [0.25, 0.3) is 0 Å². The Kier molecular flexibility index (Phi) is 6.72. The van der Waals surface area contributed by atoms with Crippen LogP contribution in [0.3, 0.4) is 0 Å². The fraction of sp³-hybridized carbons (Fsp3) is 0.944. The molecule has 1 aliphatic carbocycles. The van der Waals surface area contributed by atoms with Crippen molar-refractivity contribution in [3.63, 3.8) is 0 Å². The molecule has 2 heterocycles. The molecule has 2 saturated heterocycles. The zero-order valence-electron chi connectivity index (χ0n) is 14.5. The highest BCUT2D eigenvalue weighted by atomic mass is 16.5. The van der Waals surface area contributed by atoms with Crippen molar-refractivity contribution in [2.45, 2.75) is 51.0 Å². The van der Waals surface area contributed by atoms with Gasteiger partial charge >= 0.3 is 0 Å². The summed E-state index contributed by atoms with van der Waals surface area (Å²) in [7, 11) is 0. The first-order valence-corrected chi connectivity index (χ1v) is 9.62. The summed E-state index contributed by atoms with van der Waals surface area (Å²) >= 11 is 0. The number of nitrogens with one attached hydrogen (secondary N) is 1. The second-order valence-electron chi connectivity index (χ2n) is 7.47. The van der Waals surface area contributed by atoms with Crippen LogP contribution in [-0.4, -0.2) is 74.2 Å². The van der Waals surface area contributed by atoms with E-state index in [1.54, 1.807) is 0 Å². The number of ether oxygens (including phenoxy) is 1. The third-order valence-corrected chi connectivity index (χ3v) is 5.60. The first-order chi connectivity index (χ1) is 11.3. The minimum atomic E-state index is 0.206. The average molecular weight is 323 g/mol. The van der Waals surface area contributed by atoms with Gasteiger partial charge in [-0.1, -0.05) is 19.3 Å². The largest absolute Gasteiger partial charge is 0.378 e. The fourth-order valence-electron chi connectivity index (χ4n) is 4.23. The van der Waals surface area contributed by atoms with E-state index in [4.69, 9.17) is 4.74 Å². The van der Waals surface area contributed by atoms with Crippen LogP contribution >= 0.6 is 0 Å². The maximum Gasteiger partial charge on any atom is 0.224 e. The molecule has 0 aromatic heterocycles. The Morgan fingerprint density at radius 1 is 1.04 bits per heavy atom. The number of amides is 1. The second-order valence-corrected chi connectivity index (χ2v) is 7.47. The molecule has 1 amide bonds. The highest BCUT2D eigenvalue weighted by Gasteiger charge is 2.24. The third kappa shape index (κ3) is 5.44. The molecular formula is C18H33N3O2. The first-order valence-electron chi connectivity index (χ1n) is 9.62. The maximum absolute atomic E-state index is 12.5. The highest BCUT2D eigenvalue weighted by molar-refractivity contribution is 5.76. The van der Waals surface area contributed by atoms with Crippen LogP contribution in [0.5, 0.6) is 0 Å². The van der Waals surface area contributed by atoms with Crippen LogP contribution in [0.2, 0.25) is 0 Å². The number of rotatable bonds is 4. The van der Waals surface area contributed by atoms with Crippen LogP contribution in [0.25, 0.3) is 0 Å². The Morgan fingerprint density at radius 3 is 2.70 bits per heavy atom. The van der Waals surface area contributed by atoms with Gasteiger partial charge in [-0.2, -0.15) is 0 Å². The number of hydrogen-bond acceptors (Lipinski definition) is 4. The number of carbonyl (C=O) groups excluding carboxylic acids is 1. The highest BCUT2D eigenvalue weighted by Crippen LogP contribution is 2.24. The summed E-state index contributed by atoms with van der Waals surface area (Å²) < 4.78 is 5.46. The molecule has 0 aromatic carbocycles. The molecule has 0 bridgehead atoms. The summed E-state index contributed by atoms with van der Waals surface area (Å²) in [6, 6.07) is 0.206. The normalized spacial score (nSPS) is 28.5. The van der Waals surface area contributed by atoms with E-state index in [1.165, 1.54) is 38.6 Å².